The van der Waals surface area contributed by atoms with E-state index in [2.05, 4.69) is 5.32 Å². The highest BCUT2D eigenvalue weighted by molar-refractivity contribution is 5.94. The number of benzene rings is 2. The molecule has 0 unspecified atom stereocenters. The molecule has 34 heavy (non-hydrogen) atoms. The summed E-state index contributed by atoms with van der Waals surface area (Å²) in [6.07, 6.45) is 0. The molecule has 2 amide bonds. The van der Waals surface area contributed by atoms with Gasteiger partial charge in [-0.25, -0.2) is 4.79 Å². The van der Waals surface area contributed by atoms with Crippen LogP contribution >= 0.6 is 0 Å². The smallest absolute Gasteiger partial charge is 0.332 e. The van der Waals surface area contributed by atoms with Crippen molar-refractivity contribution < 1.29 is 23.8 Å². The minimum atomic E-state index is -0.743. The summed E-state index contributed by atoms with van der Waals surface area (Å²) in [6, 6.07) is 9.40. The highest BCUT2D eigenvalue weighted by Gasteiger charge is 2.18. The molecule has 0 saturated carbocycles. The third kappa shape index (κ3) is 5.09. The summed E-state index contributed by atoms with van der Waals surface area (Å²) in [7, 11) is 4.39. The number of methoxy groups -OCH3 is 3. The Balaban J connectivity index is 2.05. The molecule has 11 nitrogen and oxygen atoms in total. The molecule has 3 rings (SSSR count). The van der Waals surface area contributed by atoms with Crippen LogP contribution in [0.4, 0.5) is 0 Å². The SMILES string of the molecule is COCCNC(=O)c1ccc(Cn2c(=O)c3cc(OC)c(OC)cc3n(CC(N)=O)c2=O)cc1. The van der Waals surface area contributed by atoms with E-state index < -0.39 is 23.7 Å². The van der Waals surface area contributed by atoms with Crippen LogP contribution < -0.4 is 31.8 Å². The number of hydrogen-bond acceptors (Lipinski definition) is 7. The number of nitrogens with one attached hydrogen (secondary N) is 1. The minimum absolute atomic E-state index is 0.0771. The van der Waals surface area contributed by atoms with Crippen molar-refractivity contribution in [2.24, 2.45) is 5.73 Å². The Morgan fingerprint density at radius 3 is 2.21 bits per heavy atom. The van der Waals surface area contributed by atoms with E-state index in [0.717, 1.165) is 9.13 Å². The first-order chi connectivity index (χ1) is 16.3. The van der Waals surface area contributed by atoms with Crippen LogP contribution in [0.1, 0.15) is 15.9 Å². The molecule has 0 radical (unpaired) electrons. The highest BCUT2D eigenvalue weighted by atomic mass is 16.5. The molecular weight excluding hydrogens is 444 g/mol. The van der Waals surface area contributed by atoms with Gasteiger partial charge in [0.15, 0.2) is 11.5 Å². The van der Waals surface area contributed by atoms with Gasteiger partial charge in [-0.3, -0.25) is 23.5 Å². The van der Waals surface area contributed by atoms with E-state index in [1.807, 2.05) is 0 Å². The zero-order chi connectivity index (χ0) is 24.8. The van der Waals surface area contributed by atoms with Crippen molar-refractivity contribution in [3.05, 3.63) is 68.4 Å². The number of ether oxygens (including phenoxy) is 3. The van der Waals surface area contributed by atoms with Crippen LogP contribution in [0.2, 0.25) is 0 Å². The Bertz CT molecular complexity index is 1330. The Hall–Kier alpha value is -4.12. The molecule has 3 aromatic rings. The lowest BCUT2D eigenvalue weighted by molar-refractivity contribution is -0.118. The van der Waals surface area contributed by atoms with Crippen LogP contribution in [0.3, 0.4) is 0 Å². The number of amides is 2. The maximum atomic E-state index is 13.2. The first-order valence-electron chi connectivity index (χ1n) is 10.3. The summed E-state index contributed by atoms with van der Waals surface area (Å²) >= 11 is 0. The van der Waals surface area contributed by atoms with Crippen LogP contribution in [-0.4, -0.2) is 55.4 Å². The third-order valence-corrected chi connectivity index (χ3v) is 5.19. The van der Waals surface area contributed by atoms with E-state index in [0.29, 0.717) is 35.8 Å². The van der Waals surface area contributed by atoms with Gasteiger partial charge in [0.25, 0.3) is 11.5 Å². The van der Waals surface area contributed by atoms with Gasteiger partial charge in [-0.15, -0.1) is 0 Å². The molecule has 0 bridgehead atoms. The van der Waals surface area contributed by atoms with Gasteiger partial charge in [0, 0.05) is 25.3 Å². The molecule has 0 aliphatic rings. The molecule has 1 aromatic heterocycles. The number of nitrogens with two attached hydrogens (primary N) is 1. The molecule has 0 aliphatic heterocycles. The molecular formula is C23H26N4O7. The predicted molar refractivity (Wildman–Crippen MR) is 125 cm³/mol. The van der Waals surface area contributed by atoms with Crippen molar-refractivity contribution in [1.29, 1.82) is 0 Å². The number of aromatic nitrogens is 2. The fraction of sp³-hybridized carbons (Fsp3) is 0.304. The van der Waals surface area contributed by atoms with Crippen molar-refractivity contribution >= 4 is 22.7 Å². The second-order valence-electron chi connectivity index (χ2n) is 7.40. The molecule has 1 heterocycles. The van der Waals surface area contributed by atoms with Crippen molar-refractivity contribution in [3.8, 4) is 11.5 Å². The van der Waals surface area contributed by atoms with E-state index in [1.165, 1.54) is 26.4 Å². The zero-order valence-corrected chi connectivity index (χ0v) is 19.1. The van der Waals surface area contributed by atoms with Gasteiger partial charge >= 0.3 is 5.69 Å². The molecule has 0 saturated heterocycles. The molecule has 0 atom stereocenters. The second-order valence-corrected chi connectivity index (χ2v) is 7.40. The Kier molecular flexibility index (Phi) is 7.69. The largest absolute Gasteiger partial charge is 0.493 e. The molecule has 180 valence electrons. The fourth-order valence-electron chi connectivity index (χ4n) is 3.50. The summed E-state index contributed by atoms with van der Waals surface area (Å²) in [4.78, 5) is 50.3. The van der Waals surface area contributed by atoms with E-state index in [9.17, 15) is 19.2 Å². The van der Waals surface area contributed by atoms with Crippen LogP contribution in [0.5, 0.6) is 11.5 Å². The van der Waals surface area contributed by atoms with Crippen molar-refractivity contribution in [2.45, 2.75) is 13.1 Å². The van der Waals surface area contributed by atoms with Crippen LogP contribution in [0, 0.1) is 0 Å². The van der Waals surface area contributed by atoms with Crippen LogP contribution in [-0.2, 0) is 22.6 Å². The Morgan fingerprint density at radius 2 is 1.62 bits per heavy atom. The average molecular weight is 470 g/mol. The fourth-order valence-corrected chi connectivity index (χ4v) is 3.50. The number of primary amides is 1. The van der Waals surface area contributed by atoms with E-state index >= 15 is 0 Å². The van der Waals surface area contributed by atoms with E-state index in [1.54, 1.807) is 31.4 Å². The zero-order valence-electron chi connectivity index (χ0n) is 19.1. The van der Waals surface area contributed by atoms with Gasteiger partial charge in [-0.2, -0.15) is 0 Å². The average Bonchev–Trinajstić information content (AvgIpc) is 2.83. The van der Waals surface area contributed by atoms with E-state index in [4.69, 9.17) is 19.9 Å². The number of nitrogens with zero attached hydrogens (tertiary/aromatic N) is 2. The summed E-state index contributed by atoms with van der Waals surface area (Å²) in [5.74, 6) is -0.417. The van der Waals surface area contributed by atoms with Crippen LogP contribution in [0.25, 0.3) is 10.9 Å². The Morgan fingerprint density at radius 1 is 0.971 bits per heavy atom. The normalized spacial score (nSPS) is 10.8. The quantitative estimate of drug-likeness (QED) is 0.400. The van der Waals surface area contributed by atoms with Gasteiger partial charge in [-0.05, 0) is 23.8 Å². The molecule has 0 spiro atoms. The molecule has 2 aromatic carbocycles. The third-order valence-electron chi connectivity index (χ3n) is 5.19. The maximum Gasteiger partial charge on any atom is 0.332 e. The van der Waals surface area contributed by atoms with E-state index in [-0.39, 0.29) is 23.4 Å². The van der Waals surface area contributed by atoms with Crippen molar-refractivity contribution in [3.63, 3.8) is 0 Å². The molecule has 0 fully saturated rings. The lowest BCUT2D eigenvalue weighted by Crippen LogP contribution is -2.42. The van der Waals surface area contributed by atoms with Crippen LogP contribution in [0.15, 0.2) is 46.0 Å². The van der Waals surface area contributed by atoms with Crippen molar-refractivity contribution in [1.82, 2.24) is 14.5 Å². The monoisotopic (exact) mass is 470 g/mol. The second kappa shape index (κ2) is 10.7. The molecule has 11 heteroatoms. The lowest BCUT2D eigenvalue weighted by Gasteiger charge is -2.15. The van der Waals surface area contributed by atoms with Gasteiger partial charge in [0.2, 0.25) is 5.91 Å². The highest BCUT2D eigenvalue weighted by Crippen LogP contribution is 2.30. The van der Waals surface area contributed by atoms with Gasteiger partial charge in [-0.1, -0.05) is 12.1 Å². The number of hydrogen-bond donors (Lipinski definition) is 2. The van der Waals surface area contributed by atoms with Gasteiger partial charge in [0.1, 0.15) is 6.54 Å². The lowest BCUT2D eigenvalue weighted by atomic mass is 10.1. The standard InChI is InChI=1S/C23H26N4O7/c1-32-9-8-25-21(29)15-6-4-14(5-7-15)12-27-22(30)16-10-18(33-2)19(34-3)11-17(16)26(23(27)31)13-20(24)28/h4-7,10-11H,8-9,12-13H2,1-3H3,(H2,24,28)(H,25,29). The number of carbonyl (C=O) groups is 2. The van der Waals surface area contributed by atoms with Crippen molar-refractivity contribution in [2.75, 3.05) is 34.5 Å². The first kappa shape index (κ1) is 24.5. The predicted octanol–water partition coefficient (Wildman–Crippen LogP) is 0.0902. The number of carbonyl (C=O) groups excluding carboxylic acids is 2. The molecule has 0 aliphatic carbocycles. The molecule has 3 N–H and O–H groups in total. The topological polar surface area (TPSA) is 144 Å². The van der Waals surface area contributed by atoms with Gasteiger partial charge < -0.3 is 25.3 Å². The first-order valence-corrected chi connectivity index (χ1v) is 10.3. The minimum Gasteiger partial charge on any atom is -0.493 e. The number of fused-ring (bicyclic) bond motifs is 1. The summed E-state index contributed by atoms with van der Waals surface area (Å²) in [5.41, 5.74) is 5.32. The number of rotatable bonds is 10. The maximum absolute atomic E-state index is 13.2. The van der Waals surface area contributed by atoms with Gasteiger partial charge in [0.05, 0.1) is 38.3 Å². The summed E-state index contributed by atoms with van der Waals surface area (Å²) < 4.78 is 17.6. The summed E-state index contributed by atoms with van der Waals surface area (Å²) in [5, 5.41) is 2.87. The Labute approximate surface area is 194 Å². The summed E-state index contributed by atoms with van der Waals surface area (Å²) in [6.45, 7) is 0.262.